The summed E-state index contributed by atoms with van der Waals surface area (Å²) in [5.41, 5.74) is 7.08. The van der Waals surface area contributed by atoms with Gasteiger partial charge in [-0.25, -0.2) is 0 Å². The van der Waals surface area contributed by atoms with Gasteiger partial charge in [0.15, 0.2) is 17.3 Å². The quantitative estimate of drug-likeness (QED) is 0.867. The van der Waals surface area contributed by atoms with Crippen molar-refractivity contribution in [1.29, 1.82) is 0 Å². The average Bonchev–Trinajstić information content (AvgIpc) is 2.39. The normalized spacial score (nSPS) is 13.5. The first-order valence-corrected chi connectivity index (χ1v) is 6.82. The Kier molecular flexibility index (Phi) is 4.24. The minimum atomic E-state index is 0.0482. The fraction of sp³-hybridized carbons (Fsp3) is 0.462. The summed E-state index contributed by atoms with van der Waals surface area (Å²) in [5, 5.41) is 0. The maximum absolute atomic E-state index is 12.1. The van der Waals surface area contributed by atoms with Crippen LogP contribution < -0.4 is 15.2 Å². The van der Waals surface area contributed by atoms with Gasteiger partial charge in [-0.05, 0) is 40.5 Å². The third-order valence-corrected chi connectivity index (χ3v) is 3.74. The van der Waals surface area contributed by atoms with Gasteiger partial charge >= 0.3 is 0 Å². The maximum Gasteiger partial charge on any atom is 0.175 e. The molecule has 0 bridgehead atoms. The Hall–Kier alpha value is -1.07. The molecule has 0 fully saturated rings. The summed E-state index contributed by atoms with van der Waals surface area (Å²) in [4.78, 5) is 12.1. The highest BCUT2D eigenvalue weighted by Crippen LogP contribution is 2.42. The zero-order chi connectivity index (χ0) is 13.1. The monoisotopic (exact) mass is 313 g/mol. The fourth-order valence-electron chi connectivity index (χ4n) is 2.04. The van der Waals surface area contributed by atoms with Crippen molar-refractivity contribution in [3.05, 3.63) is 21.7 Å². The number of nitrogens with two attached hydrogens (primary N) is 1. The number of ether oxygens (including phenoxy) is 2. The highest BCUT2D eigenvalue weighted by molar-refractivity contribution is 9.10. The highest BCUT2D eigenvalue weighted by Gasteiger charge is 2.23. The van der Waals surface area contributed by atoms with Crippen LogP contribution in [0, 0.1) is 0 Å². The van der Waals surface area contributed by atoms with Gasteiger partial charge in [0.2, 0.25) is 0 Å². The van der Waals surface area contributed by atoms with Crippen molar-refractivity contribution >= 4 is 21.7 Å². The van der Waals surface area contributed by atoms with Crippen LogP contribution in [0.4, 0.5) is 0 Å². The van der Waals surface area contributed by atoms with E-state index in [-0.39, 0.29) is 5.78 Å². The van der Waals surface area contributed by atoms with Gasteiger partial charge in [0.25, 0.3) is 0 Å². The summed E-state index contributed by atoms with van der Waals surface area (Å²) < 4.78 is 11.9. The Morgan fingerprint density at radius 1 is 1.44 bits per heavy atom. The van der Waals surface area contributed by atoms with E-state index >= 15 is 0 Å². The second-order valence-electron chi connectivity index (χ2n) is 4.06. The standard InChI is InChI=1S/C13H16BrNO3/c1-2-8-9(10(16)3-4-15)7-11-13(12(8)14)18-6-5-17-11/h7H,2-6,15H2,1H3. The third kappa shape index (κ3) is 2.37. The number of benzene rings is 1. The molecule has 0 aromatic heterocycles. The van der Waals surface area contributed by atoms with Gasteiger partial charge in [-0.1, -0.05) is 6.92 Å². The molecule has 2 rings (SSSR count). The van der Waals surface area contributed by atoms with Gasteiger partial charge in [0, 0.05) is 12.0 Å². The first-order valence-electron chi connectivity index (χ1n) is 6.03. The molecular formula is C13H16BrNO3. The number of Topliss-reactive ketones (excluding diaryl/α,β-unsaturated/α-hetero) is 1. The van der Waals surface area contributed by atoms with Crippen LogP contribution in [-0.4, -0.2) is 25.5 Å². The minimum Gasteiger partial charge on any atom is -0.486 e. The van der Waals surface area contributed by atoms with Crippen LogP contribution in [0.5, 0.6) is 11.5 Å². The molecule has 0 saturated heterocycles. The van der Waals surface area contributed by atoms with Crippen molar-refractivity contribution < 1.29 is 14.3 Å². The first-order chi connectivity index (χ1) is 8.69. The molecule has 0 aliphatic carbocycles. The van der Waals surface area contributed by atoms with Crippen LogP contribution in [0.2, 0.25) is 0 Å². The molecule has 1 aromatic carbocycles. The zero-order valence-corrected chi connectivity index (χ0v) is 11.9. The van der Waals surface area contributed by atoms with E-state index < -0.39 is 0 Å². The lowest BCUT2D eigenvalue weighted by atomic mass is 9.98. The van der Waals surface area contributed by atoms with Crippen molar-refractivity contribution in [2.24, 2.45) is 5.73 Å². The van der Waals surface area contributed by atoms with Crippen LogP contribution in [-0.2, 0) is 6.42 Å². The third-order valence-electron chi connectivity index (χ3n) is 2.90. The van der Waals surface area contributed by atoms with E-state index in [1.165, 1.54) is 0 Å². The van der Waals surface area contributed by atoms with E-state index in [4.69, 9.17) is 15.2 Å². The number of ketones is 1. The summed E-state index contributed by atoms with van der Waals surface area (Å²) >= 11 is 3.51. The Labute approximate surface area is 115 Å². The second kappa shape index (κ2) is 5.71. The minimum absolute atomic E-state index is 0.0482. The summed E-state index contributed by atoms with van der Waals surface area (Å²) in [6.45, 7) is 3.41. The number of rotatable bonds is 4. The topological polar surface area (TPSA) is 61.6 Å². The molecule has 0 amide bonds. The van der Waals surface area contributed by atoms with Crippen molar-refractivity contribution in [3.8, 4) is 11.5 Å². The van der Waals surface area contributed by atoms with Crippen molar-refractivity contribution in [2.45, 2.75) is 19.8 Å². The molecule has 5 heteroatoms. The van der Waals surface area contributed by atoms with Crippen molar-refractivity contribution in [2.75, 3.05) is 19.8 Å². The van der Waals surface area contributed by atoms with Crippen LogP contribution in [0.25, 0.3) is 0 Å². The molecular weight excluding hydrogens is 298 g/mol. The molecule has 98 valence electrons. The molecule has 0 radical (unpaired) electrons. The second-order valence-corrected chi connectivity index (χ2v) is 4.85. The molecule has 0 saturated carbocycles. The van der Waals surface area contributed by atoms with Gasteiger partial charge < -0.3 is 15.2 Å². The van der Waals surface area contributed by atoms with Gasteiger partial charge in [0.1, 0.15) is 13.2 Å². The van der Waals surface area contributed by atoms with Gasteiger partial charge in [-0.15, -0.1) is 0 Å². The van der Waals surface area contributed by atoms with E-state index in [9.17, 15) is 4.79 Å². The average molecular weight is 314 g/mol. The molecule has 0 spiro atoms. The van der Waals surface area contributed by atoms with E-state index in [0.29, 0.717) is 43.2 Å². The Bertz CT molecular complexity index is 474. The molecule has 4 nitrogen and oxygen atoms in total. The molecule has 2 N–H and O–H groups in total. The van der Waals surface area contributed by atoms with Crippen LogP contribution >= 0.6 is 15.9 Å². The molecule has 0 unspecified atom stereocenters. The lowest BCUT2D eigenvalue weighted by Crippen LogP contribution is -2.18. The number of carbonyl (C=O) groups excluding carboxylic acids is 1. The van der Waals surface area contributed by atoms with Gasteiger partial charge in [-0.2, -0.15) is 0 Å². The van der Waals surface area contributed by atoms with E-state index in [0.717, 1.165) is 16.5 Å². The number of hydrogen-bond donors (Lipinski definition) is 1. The van der Waals surface area contributed by atoms with E-state index in [1.54, 1.807) is 6.07 Å². The smallest absolute Gasteiger partial charge is 0.175 e. The highest BCUT2D eigenvalue weighted by atomic mass is 79.9. The summed E-state index contributed by atoms with van der Waals surface area (Å²) in [5.74, 6) is 1.38. The molecule has 0 atom stereocenters. The maximum atomic E-state index is 12.1. The fourth-order valence-corrected chi connectivity index (χ4v) is 2.85. The number of carbonyl (C=O) groups is 1. The summed E-state index contributed by atoms with van der Waals surface area (Å²) in [6.07, 6.45) is 1.10. The SMILES string of the molecule is CCc1c(C(=O)CCN)cc2c(c1Br)OCCO2. The molecule has 1 aliphatic rings. The summed E-state index contributed by atoms with van der Waals surface area (Å²) in [7, 11) is 0. The number of halogens is 1. The first kappa shape index (κ1) is 13.4. The molecule has 1 heterocycles. The molecule has 1 aliphatic heterocycles. The Balaban J connectivity index is 2.52. The lowest BCUT2D eigenvalue weighted by Gasteiger charge is -2.22. The molecule has 1 aromatic rings. The van der Waals surface area contributed by atoms with Crippen LogP contribution in [0.3, 0.4) is 0 Å². The van der Waals surface area contributed by atoms with E-state index in [1.807, 2.05) is 6.92 Å². The predicted molar refractivity (Wildman–Crippen MR) is 72.5 cm³/mol. The van der Waals surface area contributed by atoms with Crippen LogP contribution in [0.1, 0.15) is 29.3 Å². The lowest BCUT2D eigenvalue weighted by molar-refractivity contribution is 0.0983. The largest absolute Gasteiger partial charge is 0.486 e. The summed E-state index contributed by atoms with van der Waals surface area (Å²) in [6, 6.07) is 1.77. The van der Waals surface area contributed by atoms with E-state index in [2.05, 4.69) is 15.9 Å². The van der Waals surface area contributed by atoms with Crippen molar-refractivity contribution in [1.82, 2.24) is 0 Å². The Morgan fingerprint density at radius 2 is 2.17 bits per heavy atom. The zero-order valence-electron chi connectivity index (χ0n) is 10.3. The Morgan fingerprint density at radius 3 is 2.83 bits per heavy atom. The van der Waals surface area contributed by atoms with Crippen molar-refractivity contribution in [3.63, 3.8) is 0 Å². The van der Waals surface area contributed by atoms with Gasteiger partial charge in [0.05, 0.1) is 4.47 Å². The van der Waals surface area contributed by atoms with Crippen LogP contribution in [0.15, 0.2) is 10.5 Å². The molecule has 18 heavy (non-hydrogen) atoms. The number of fused-ring (bicyclic) bond motifs is 1. The number of hydrogen-bond acceptors (Lipinski definition) is 4. The van der Waals surface area contributed by atoms with Gasteiger partial charge in [-0.3, -0.25) is 4.79 Å². The predicted octanol–water partition coefficient (Wildman–Crippen LogP) is 2.31.